The van der Waals surface area contributed by atoms with Crippen molar-refractivity contribution in [3.8, 4) is 0 Å². The maximum atomic E-state index is 12.9. The monoisotopic (exact) mass is 377 g/mol. The Hall–Kier alpha value is -2.45. The van der Waals surface area contributed by atoms with Gasteiger partial charge in [0.05, 0.1) is 24.7 Å². The SMILES string of the molecule is CNC(=O)[C@H](O)[C@H](C)NC(=O)C1(COCc2ccccc2)CCNC(=O)C1. The second-order valence-electron chi connectivity index (χ2n) is 6.86. The van der Waals surface area contributed by atoms with Gasteiger partial charge < -0.3 is 25.8 Å². The van der Waals surface area contributed by atoms with E-state index in [1.54, 1.807) is 6.92 Å². The van der Waals surface area contributed by atoms with Crippen molar-refractivity contribution in [2.75, 3.05) is 20.2 Å². The molecular weight excluding hydrogens is 350 g/mol. The zero-order valence-corrected chi connectivity index (χ0v) is 15.7. The predicted molar refractivity (Wildman–Crippen MR) is 98.5 cm³/mol. The van der Waals surface area contributed by atoms with Gasteiger partial charge in [-0.3, -0.25) is 14.4 Å². The van der Waals surface area contributed by atoms with Crippen molar-refractivity contribution in [2.24, 2.45) is 5.41 Å². The van der Waals surface area contributed by atoms with Crippen LogP contribution in [0.4, 0.5) is 0 Å². The lowest BCUT2D eigenvalue weighted by Gasteiger charge is -2.36. The fourth-order valence-electron chi connectivity index (χ4n) is 3.03. The van der Waals surface area contributed by atoms with Crippen molar-refractivity contribution in [1.29, 1.82) is 0 Å². The summed E-state index contributed by atoms with van der Waals surface area (Å²) in [5, 5.41) is 17.7. The zero-order valence-electron chi connectivity index (χ0n) is 15.7. The van der Waals surface area contributed by atoms with Gasteiger partial charge in [-0.05, 0) is 18.9 Å². The molecule has 2 rings (SSSR count). The quantitative estimate of drug-likeness (QED) is 0.497. The molecule has 1 aromatic rings. The summed E-state index contributed by atoms with van der Waals surface area (Å²) in [5.74, 6) is -1.21. The molecule has 0 bridgehead atoms. The lowest BCUT2D eigenvalue weighted by Crippen LogP contribution is -2.56. The number of carbonyl (C=O) groups is 3. The van der Waals surface area contributed by atoms with E-state index in [-0.39, 0.29) is 18.9 Å². The molecule has 1 heterocycles. The summed E-state index contributed by atoms with van der Waals surface area (Å²) in [6.45, 7) is 2.31. The topological polar surface area (TPSA) is 117 Å². The van der Waals surface area contributed by atoms with E-state index in [4.69, 9.17) is 4.74 Å². The first kappa shape index (κ1) is 20.9. The van der Waals surface area contributed by atoms with Gasteiger partial charge in [-0.25, -0.2) is 0 Å². The first-order chi connectivity index (χ1) is 12.9. The third-order valence-electron chi connectivity index (χ3n) is 4.74. The number of aliphatic hydroxyl groups is 1. The van der Waals surface area contributed by atoms with Crippen molar-refractivity contribution in [2.45, 2.75) is 38.5 Å². The van der Waals surface area contributed by atoms with Gasteiger partial charge in [-0.1, -0.05) is 30.3 Å². The predicted octanol–water partition coefficient (Wildman–Crippen LogP) is -0.289. The molecule has 1 fully saturated rings. The van der Waals surface area contributed by atoms with E-state index in [1.807, 2.05) is 30.3 Å². The summed E-state index contributed by atoms with van der Waals surface area (Å²) in [6.07, 6.45) is -0.961. The lowest BCUT2D eigenvalue weighted by molar-refractivity contribution is -0.146. The number of likely N-dealkylation sites (N-methyl/N-ethyl adjacent to an activating group) is 1. The van der Waals surface area contributed by atoms with Crippen LogP contribution < -0.4 is 16.0 Å². The van der Waals surface area contributed by atoms with Crippen LogP contribution >= 0.6 is 0 Å². The van der Waals surface area contributed by atoms with Crippen molar-refractivity contribution in [3.63, 3.8) is 0 Å². The number of piperidine rings is 1. The van der Waals surface area contributed by atoms with Crippen LogP contribution in [0.2, 0.25) is 0 Å². The first-order valence-corrected chi connectivity index (χ1v) is 8.97. The molecule has 1 aliphatic heterocycles. The van der Waals surface area contributed by atoms with Crippen molar-refractivity contribution in [3.05, 3.63) is 35.9 Å². The van der Waals surface area contributed by atoms with Gasteiger partial charge in [0.1, 0.15) is 0 Å². The minimum Gasteiger partial charge on any atom is -0.381 e. The molecule has 0 saturated carbocycles. The van der Waals surface area contributed by atoms with Crippen LogP contribution in [-0.2, 0) is 25.7 Å². The highest BCUT2D eigenvalue weighted by atomic mass is 16.5. The molecule has 8 nitrogen and oxygen atoms in total. The van der Waals surface area contributed by atoms with Crippen LogP contribution in [0.1, 0.15) is 25.3 Å². The number of nitrogens with one attached hydrogen (secondary N) is 3. The van der Waals surface area contributed by atoms with Crippen LogP contribution in [0, 0.1) is 5.41 Å². The highest BCUT2D eigenvalue weighted by Crippen LogP contribution is 2.31. The van der Waals surface area contributed by atoms with E-state index in [0.29, 0.717) is 19.6 Å². The maximum Gasteiger partial charge on any atom is 0.250 e. The fourth-order valence-corrected chi connectivity index (χ4v) is 3.03. The summed E-state index contributed by atoms with van der Waals surface area (Å²) >= 11 is 0. The lowest BCUT2D eigenvalue weighted by atomic mass is 9.78. The van der Waals surface area contributed by atoms with Crippen molar-refractivity contribution in [1.82, 2.24) is 16.0 Å². The first-order valence-electron chi connectivity index (χ1n) is 8.97. The largest absolute Gasteiger partial charge is 0.381 e. The molecule has 0 radical (unpaired) electrons. The molecular formula is C19H27N3O5. The molecule has 8 heteroatoms. The average Bonchev–Trinajstić information content (AvgIpc) is 2.67. The Kier molecular flexibility index (Phi) is 7.32. The van der Waals surface area contributed by atoms with Crippen LogP contribution in [0.5, 0.6) is 0 Å². The number of ether oxygens (including phenoxy) is 1. The molecule has 1 saturated heterocycles. The normalized spacial score (nSPS) is 21.7. The van der Waals surface area contributed by atoms with Gasteiger partial charge >= 0.3 is 0 Å². The molecule has 4 N–H and O–H groups in total. The molecule has 0 aliphatic carbocycles. The zero-order chi connectivity index (χ0) is 19.9. The third kappa shape index (κ3) is 5.51. The Morgan fingerprint density at radius 3 is 2.67 bits per heavy atom. The molecule has 27 heavy (non-hydrogen) atoms. The summed E-state index contributed by atoms with van der Waals surface area (Å²) in [7, 11) is 1.41. The van der Waals surface area contributed by atoms with Gasteiger partial charge in [0.2, 0.25) is 11.8 Å². The van der Waals surface area contributed by atoms with Crippen LogP contribution in [0.25, 0.3) is 0 Å². The molecule has 1 unspecified atom stereocenters. The van der Waals surface area contributed by atoms with E-state index in [9.17, 15) is 19.5 Å². The van der Waals surface area contributed by atoms with Crippen molar-refractivity contribution >= 4 is 17.7 Å². The Morgan fingerprint density at radius 1 is 1.33 bits per heavy atom. The number of aliphatic hydroxyl groups excluding tert-OH is 1. The van der Waals surface area contributed by atoms with E-state index in [2.05, 4.69) is 16.0 Å². The van der Waals surface area contributed by atoms with E-state index in [0.717, 1.165) is 5.56 Å². The fraction of sp³-hybridized carbons (Fsp3) is 0.526. The van der Waals surface area contributed by atoms with Gasteiger partial charge in [0.15, 0.2) is 6.10 Å². The second kappa shape index (κ2) is 9.48. The maximum absolute atomic E-state index is 12.9. The molecule has 1 aliphatic rings. The summed E-state index contributed by atoms with van der Waals surface area (Å²) in [6, 6.07) is 8.75. The number of rotatable bonds is 8. The number of amides is 3. The van der Waals surface area contributed by atoms with Crippen LogP contribution in [0.3, 0.4) is 0 Å². The Morgan fingerprint density at radius 2 is 2.04 bits per heavy atom. The Balaban J connectivity index is 2.04. The molecule has 0 aromatic heterocycles. The van der Waals surface area contributed by atoms with E-state index in [1.165, 1.54) is 7.05 Å². The van der Waals surface area contributed by atoms with Crippen LogP contribution in [0.15, 0.2) is 30.3 Å². The van der Waals surface area contributed by atoms with Crippen molar-refractivity contribution < 1.29 is 24.2 Å². The molecule has 1 aromatic carbocycles. The molecule has 3 amide bonds. The van der Waals surface area contributed by atoms with Gasteiger partial charge in [-0.2, -0.15) is 0 Å². The second-order valence-corrected chi connectivity index (χ2v) is 6.86. The number of hydrogen-bond acceptors (Lipinski definition) is 5. The molecule has 148 valence electrons. The number of benzene rings is 1. The van der Waals surface area contributed by atoms with E-state index < -0.39 is 29.4 Å². The average molecular weight is 377 g/mol. The summed E-state index contributed by atoms with van der Waals surface area (Å²) in [4.78, 5) is 36.4. The molecule has 0 spiro atoms. The van der Waals surface area contributed by atoms with Gasteiger partial charge in [-0.15, -0.1) is 0 Å². The highest BCUT2D eigenvalue weighted by molar-refractivity contribution is 5.91. The minimum atomic E-state index is -1.38. The summed E-state index contributed by atoms with van der Waals surface area (Å²) in [5.41, 5.74) is -0.0648. The minimum absolute atomic E-state index is 0.00356. The van der Waals surface area contributed by atoms with Gasteiger partial charge in [0, 0.05) is 20.0 Å². The number of carbonyl (C=O) groups excluding carboxylic acids is 3. The summed E-state index contributed by atoms with van der Waals surface area (Å²) < 4.78 is 5.76. The molecule has 3 atom stereocenters. The number of hydrogen-bond donors (Lipinski definition) is 4. The Labute approximate surface area is 158 Å². The van der Waals surface area contributed by atoms with Crippen LogP contribution in [-0.4, -0.2) is 55.2 Å². The van der Waals surface area contributed by atoms with E-state index >= 15 is 0 Å². The standard InChI is InChI=1S/C19H27N3O5/c1-13(16(24)17(25)20-2)22-18(26)19(8-9-21-15(23)10-19)12-27-11-14-6-4-3-5-7-14/h3-7,13,16,24H,8-12H2,1-2H3,(H,20,25)(H,21,23)(H,22,26)/t13-,16+,19?/m0/s1. The third-order valence-corrected chi connectivity index (χ3v) is 4.74. The smallest absolute Gasteiger partial charge is 0.250 e. The highest BCUT2D eigenvalue weighted by Gasteiger charge is 2.44. The van der Waals surface area contributed by atoms with Gasteiger partial charge in [0.25, 0.3) is 5.91 Å². The Bertz CT molecular complexity index is 667.